The Hall–Kier alpha value is -5.05. The minimum atomic E-state index is -4.86. The van der Waals surface area contributed by atoms with Crippen LogP contribution in [0.1, 0.15) is 40.0 Å². The molecule has 2 aliphatic heterocycles. The molecule has 2 aromatic heterocycles. The van der Waals surface area contributed by atoms with Gasteiger partial charge >= 0.3 is 6.18 Å². The molecule has 0 spiro atoms. The molecule has 2 amide bonds. The number of hydrogen-bond acceptors (Lipinski definition) is 4. The number of alkyl halides is 3. The standard InChI is InChI=1S/C31H24F4N6O2/c1-18-5-6-19-14-27(42)40(29(19)28(18)36-2)21-9-12-39(13-10-21)30(43)25-16-26(20-4-3-11-37-17-20)41(38-25)22-7-8-23(24(32)15-22)31(33,34)35/h3-8,11,15-17,21H,9-10,12-14H2,1H3. The summed E-state index contributed by atoms with van der Waals surface area (Å²) in [6.45, 7) is 10.1. The zero-order chi connectivity index (χ0) is 30.5. The van der Waals surface area contributed by atoms with Gasteiger partial charge in [-0.2, -0.15) is 18.3 Å². The second kappa shape index (κ2) is 10.7. The van der Waals surface area contributed by atoms with Crippen LogP contribution >= 0.6 is 0 Å². The fourth-order valence-corrected chi connectivity index (χ4v) is 5.79. The second-order valence-electron chi connectivity index (χ2n) is 10.5. The van der Waals surface area contributed by atoms with Gasteiger partial charge < -0.3 is 9.80 Å². The van der Waals surface area contributed by atoms with Crippen molar-refractivity contribution in [3.8, 4) is 16.9 Å². The number of pyridine rings is 1. The normalized spacial score (nSPS) is 15.5. The molecule has 0 atom stereocenters. The molecule has 2 aromatic carbocycles. The molecule has 0 radical (unpaired) electrons. The summed E-state index contributed by atoms with van der Waals surface area (Å²) < 4.78 is 55.2. The number of likely N-dealkylation sites (tertiary alicyclic amines) is 1. The first-order chi connectivity index (χ1) is 20.6. The van der Waals surface area contributed by atoms with Gasteiger partial charge in [0.15, 0.2) is 5.69 Å². The average Bonchev–Trinajstić information content (AvgIpc) is 3.58. The van der Waals surface area contributed by atoms with Gasteiger partial charge in [0.05, 0.1) is 35.6 Å². The third-order valence-electron chi connectivity index (χ3n) is 7.90. The van der Waals surface area contributed by atoms with Crippen molar-refractivity contribution in [2.45, 2.75) is 38.4 Å². The molecule has 0 saturated carbocycles. The maximum Gasteiger partial charge on any atom is 0.419 e. The third-order valence-corrected chi connectivity index (χ3v) is 7.90. The smallest absolute Gasteiger partial charge is 0.337 e. The van der Waals surface area contributed by atoms with Gasteiger partial charge in [-0.15, -0.1) is 0 Å². The fourth-order valence-electron chi connectivity index (χ4n) is 5.79. The first kappa shape index (κ1) is 28.1. The lowest BCUT2D eigenvalue weighted by Crippen LogP contribution is -2.48. The van der Waals surface area contributed by atoms with Crippen LogP contribution in [-0.2, 0) is 17.4 Å². The molecule has 1 fully saturated rings. The Morgan fingerprint density at radius 2 is 1.86 bits per heavy atom. The molecule has 0 bridgehead atoms. The zero-order valence-electron chi connectivity index (χ0n) is 22.9. The third kappa shape index (κ3) is 5.01. The summed E-state index contributed by atoms with van der Waals surface area (Å²) in [5.41, 5.74) is 2.29. The molecule has 0 unspecified atom stereocenters. The highest BCUT2D eigenvalue weighted by Gasteiger charge is 2.38. The van der Waals surface area contributed by atoms with Crippen molar-refractivity contribution in [2.75, 3.05) is 18.0 Å². The highest BCUT2D eigenvalue weighted by Crippen LogP contribution is 2.43. The minimum absolute atomic E-state index is 0.0132. The van der Waals surface area contributed by atoms with E-state index in [1.165, 1.54) is 16.9 Å². The number of aromatic nitrogens is 3. The van der Waals surface area contributed by atoms with Crippen LogP contribution in [-0.4, -0.2) is 50.6 Å². The Bertz CT molecular complexity index is 1790. The maximum atomic E-state index is 14.5. The predicted octanol–water partition coefficient (Wildman–Crippen LogP) is 6.15. The van der Waals surface area contributed by atoms with Crippen LogP contribution in [0.3, 0.4) is 0 Å². The number of anilines is 1. The van der Waals surface area contributed by atoms with Crippen LogP contribution in [0.4, 0.5) is 28.9 Å². The highest BCUT2D eigenvalue weighted by molar-refractivity contribution is 6.06. The van der Waals surface area contributed by atoms with Crippen molar-refractivity contribution in [1.29, 1.82) is 0 Å². The lowest BCUT2D eigenvalue weighted by atomic mass is 10.0. The number of nitrogens with zero attached hydrogens (tertiary/aromatic N) is 6. The largest absolute Gasteiger partial charge is 0.419 e. The molecule has 2 aliphatic rings. The molecule has 4 aromatic rings. The predicted molar refractivity (Wildman–Crippen MR) is 149 cm³/mol. The molecule has 4 heterocycles. The van der Waals surface area contributed by atoms with E-state index in [0.717, 1.165) is 23.3 Å². The van der Waals surface area contributed by atoms with E-state index in [4.69, 9.17) is 6.57 Å². The van der Waals surface area contributed by atoms with Crippen LogP contribution in [0.15, 0.2) is 60.9 Å². The molecule has 0 aliphatic carbocycles. The van der Waals surface area contributed by atoms with E-state index in [9.17, 15) is 27.2 Å². The Morgan fingerprint density at radius 1 is 1.09 bits per heavy atom. The van der Waals surface area contributed by atoms with Crippen molar-refractivity contribution in [2.24, 2.45) is 0 Å². The minimum Gasteiger partial charge on any atom is -0.337 e. The number of amides is 2. The van der Waals surface area contributed by atoms with E-state index in [-0.39, 0.29) is 29.8 Å². The van der Waals surface area contributed by atoms with E-state index in [0.29, 0.717) is 54.6 Å². The summed E-state index contributed by atoms with van der Waals surface area (Å²) in [5.74, 6) is -1.93. The van der Waals surface area contributed by atoms with Crippen LogP contribution in [0, 0.1) is 19.3 Å². The number of halogens is 4. The topological polar surface area (TPSA) is 75.7 Å². The number of rotatable bonds is 4. The number of fused-ring (bicyclic) bond motifs is 1. The Balaban J connectivity index is 1.27. The fraction of sp³-hybridized carbons (Fsp3) is 0.258. The summed E-state index contributed by atoms with van der Waals surface area (Å²) in [6.07, 6.45) is -0.590. The Labute approximate surface area is 244 Å². The van der Waals surface area contributed by atoms with Crippen molar-refractivity contribution < 1.29 is 27.2 Å². The summed E-state index contributed by atoms with van der Waals surface area (Å²) in [5, 5.41) is 4.39. The molecule has 43 heavy (non-hydrogen) atoms. The van der Waals surface area contributed by atoms with Crippen LogP contribution in [0.2, 0.25) is 0 Å². The van der Waals surface area contributed by atoms with Gasteiger partial charge in [0.2, 0.25) is 11.6 Å². The van der Waals surface area contributed by atoms with Gasteiger partial charge in [0, 0.05) is 43.2 Å². The van der Waals surface area contributed by atoms with Crippen LogP contribution in [0.25, 0.3) is 21.8 Å². The van der Waals surface area contributed by atoms with Crippen molar-refractivity contribution in [3.63, 3.8) is 0 Å². The second-order valence-corrected chi connectivity index (χ2v) is 10.5. The number of piperidine rings is 1. The van der Waals surface area contributed by atoms with Gasteiger partial charge in [-0.05, 0) is 61.2 Å². The first-order valence-corrected chi connectivity index (χ1v) is 13.6. The van der Waals surface area contributed by atoms with Gasteiger partial charge in [-0.1, -0.05) is 12.1 Å². The lowest BCUT2D eigenvalue weighted by Gasteiger charge is -2.37. The summed E-state index contributed by atoms with van der Waals surface area (Å²) in [6, 6.07) is 10.9. The van der Waals surface area contributed by atoms with E-state index >= 15 is 0 Å². The van der Waals surface area contributed by atoms with E-state index in [1.807, 2.05) is 19.1 Å². The van der Waals surface area contributed by atoms with Gasteiger partial charge in [-0.3, -0.25) is 14.6 Å². The number of hydrogen-bond donors (Lipinski definition) is 0. The summed E-state index contributed by atoms with van der Waals surface area (Å²) >= 11 is 0. The maximum absolute atomic E-state index is 14.5. The monoisotopic (exact) mass is 588 g/mol. The lowest BCUT2D eigenvalue weighted by molar-refractivity contribution is -0.140. The number of benzene rings is 2. The molecule has 6 rings (SSSR count). The number of carbonyl (C=O) groups excluding carboxylic acids is 2. The van der Waals surface area contributed by atoms with Gasteiger partial charge in [0.1, 0.15) is 5.82 Å². The molecular weight excluding hydrogens is 564 g/mol. The molecule has 218 valence electrons. The molecule has 1 saturated heterocycles. The quantitative estimate of drug-likeness (QED) is 0.212. The van der Waals surface area contributed by atoms with Gasteiger partial charge in [-0.25, -0.2) is 13.9 Å². The van der Waals surface area contributed by atoms with Gasteiger partial charge in [0.25, 0.3) is 5.91 Å². The Kier molecular flexibility index (Phi) is 6.96. The van der Waals surface area contributed by atoms with Crippen molar-refractivity contribution >= 4 is 23.2 Å². The van der Waals surface area contributed by atoms with Crippen molar-refractivity contribution in [1.82, 2.24) is 19.7 Å². The SMILES string of the molecule is [C-]#[N+]c1c(C)ccc2c1N(C1CCN(C(=O)c3cc(-c4cccnc4)n(-c4ccc(C(F)(F)F)c(F)c4)n3)CC1)C(=O)C2. The highest BCUT2D eigenvalue weighted by atomic mass is 19.4. The molecule has 0 N–H and O–H groups in total. The zero-order valence-corrected chi connectivity index (χ0v) is 22.9. The van der Waals surface area contributed by atoms with E-state index < -0.39 is 23.5 Å². The van der Waals surface area contributed by atoms with Crippen LogP contribution < -0.4 is 4.90 Å². The summed E-state index contributed by atoms with van der Waals surface area (Å²) in [7, 11) is 0. The van der Waals surface area contributed by atoms with Crippen molar-refractivity contribution in [3.05, 3.63) is 101 Å². The van der Waals surface area contributed by atoms with E-state index in [1.54, 1.807) is 28.1 Å². The average molecular weight is 589 g/mol. The molecule has 12 heteroatoms. The van der Waals surface area contributed by atoms with Crippen LogP contribution in [0.5, 0.6) is 0 Å². The number of aryl methyl sites for hydroxylation is 1. The Morgan fingerprint density at radius 3 is 2.51 bits per heavy atom. The first-order valence-electron chi connectivity index (χ1n) is 13.6. The number of carbonyl (C=O) groups is 2. The summed E-state index contributed by atoms with van der Waals surface area (Å²) in [4.78, 5) is 37.7. The molecule has 8 nitrogen and oxygen atoms in total. The van der Waals surface area contributed by atoms with E-state index in [2.05, 4.69) is 14.9 Å². The molecular formula is C31H24F4N6O2.